The van der Waals surface area contributed by atoms with Crippen LogP contribution in [-0.2, 0) is 6.61 Å². The molecule has 30 heavy (non-hydrogen) atoms. The molecule has 1 aliphatic rings. The van der Waals surface area contributed by atoms with Gasteiger partial charge in [0.2, 0.25) is 0 Å². The van der Waals surface area contributed by atoms with Gasteiger partial charge < -0.3 is 4.74 Å². The van der Waals surface area contributed by atoms with Crippen molar-refractivity contribution in [3.8, 4) is 16.9 Å². The SMILES string of the molecule is Bc1cnn2c(C3CCCCC3)c(-c3ccc(OCc4ccccc4)cc3)cnc12. The molecule has 1 aliphatic carbocycles. The van der Waals surface area contributed by atoms with Gasteiger partial charge in [-0.05, 0) is 41.6 Å². The van der Waals surface area contributed by atoms with E-state index in [1.807, 2.05) is 30.6 Å². The first-order chi connectivity index (χ1) is 14.8. The Bertz CT molecular complexity index is 1130. The van der Waals surface area contributed by atoms with E-state index < -0.39 is 0 Å². The fourth-order valence-corrected chi connectivity index (χ4v) is 4.53. The minimum atomic E-state index is 0.535. The number of fused-ring (bicyclic) bond motifs is 1. The largest absolute Gasteiger partial charge is 0.489 e. The van der Waals surface area contributed by atoms with E-state index in [-0.39, 0.29) is 0 Å². The minimum Gasteiger partial charge on any atom is -0.489 e. The maximum atomic E-state index is 5.97. The molecule has 2 aromatic carbocycles. The van der Waals surface area contributed by atoms with Crippen molar-refractivity contribution in [2.24, 2.45) is 0 Å². The molecular formula is C25H26BN3O. The molecule has 0 aliphatic heterocycles. The number of aromatic nitrogens is 3. The van der Waals surface area contributed by atoms with Crippen LogP contribution in [0.4, 0.5) is 0 Å². The second-order valence-corrected chi connectivity index (χ2v) is 8.25. The molecule has 5 rings (SSSR count). The lowest BCUT2D eigenvalue weighted by Crippen LogP contribution is -2.14. The first-order valence-electron chi connectivity index (χ1n) is 10.9. The van der Waals surface area contributed by atoms with Gasteiger partial charge in [0.25, 0.3) is 0 Å². The molecule has 150 valence electrons. The summed E-state index contributed by atoms with van der Waals surface area (Å²) in [6.45, 7) is 0.577. The average Bonchev–Trinajstić information content (AvgIpc) is 3.19. The number of benzene rings is 2. The number of hydrogen-bond acceptors (Lipinski definition) is 3. The molecular weight excluding hydrogens is 369 g/mol. The third-order valence-electron chi connectivity index (χ3n) is 6.15. The number of rotatable bonds is 5. The topological polar surface area (TPSA) is 39.4 Å². The molecule has 4 nitrogen and oxygen atoms in total. The highest BCUT2D eigenvalue weighted by Gasteiger charge is 2.23. The van der Waals surface area contributed by atoms with Gasteiger partial charge in [-0.15, -0.1) is 0 Å². The minimum absolute atomic E-state index is 0.535. The highest BCUT2D eigenvalue weighted by molar-refractivity contribution is 6.36. The van der Waals surface area contributed by atoms with Crippen LogP contribution in [-0.4, -0.2) is 22.4 Å². The summed E-state index contributed by atoms with van der Waals surface area (Å²) >= 11 is 0. The molecule has 0 bridgehead atoms. The van der Waals surface area contributed by atoms with Crippen molar-refractivity contribution < 1.29 is 4.74 Å². The predicted octanol–water partition coefficient (Wildman–Crippen LogP) is 4.28. The Hall–Kier alpha value is -3.08. The Morgan fingerprint density at radius 2 is 1.70 bits per heavy atom. The number of nitrogens with zero attached hydrogens (tertiary/aromatic N) is 3. The van der Waals surface area contributed by atoms with Crippen LogP contribution in [0.1, 0.15) is 49.3 Å². The van der Waals surface area contributed by atoms with Gasteiger partial charge in [-0.1, -0.05) is 61.7 Å². The predicted molar refractivity (Wildman–Crippen MR) is 123 cm³/mol. The normalized spacial score (nSPS) is 14.8. The second-order valence-electron chi connectivity index (χ2n) is 8.25. The molecule has 5 heteroatoms. The van der Waals surface area contributed by atoms with Crippen molar-refractivity contribution in [2.75, 3.05) is 0 Å². The Labute approximate surface area is 178 Å². The van der Waals surface area contributed by atoms with E-state index in [1.165, 1.54) is 54.5 Å². The zero-order chi connectivity index (χ0) is 20.3. The molecule has 0 spiro atoms. The number of ether oxygens (including phenoxy) is 1. The van der Waals surface area contributed by atoms with E-state index in [9.17, 15) is 0 Å². The van der Waals surface area contributed by atoms with Crippen LogP contribution in [0.2, 0.25) is 0 Å². The van der Waals surface area contributed by atoms with E-state index in [0.29, 0.717) is 12.5 Å². The summed E-state index contributed by atoms with van der Waals surface area (Å²) in [6.07, 6.45) is 10.3. The third kappa shape index (κ3) is 3.72. The third-order valence-corrected chi connectivity index (χ3v) is 6.15. The lowest BCUT2D eigenvalue weighted by molar-refractivity contribution is 0.306. The first kappa shape index (κ1) is 18.9. The van der Waals surface area contributed by atoms with E-state index in [2.05, 4.69) is 53.9 Å². The van der Waals surface area contributed by atoms with Crippen LogP contribution in [0.3, 0.4) is 0 Å². The standard InChI is InChI=1S/C25H26BN3O/c26-23-16-28-29-24(20-9-5-2-6-10-20)22(15-27-25(23)29)19-11-13-21(14-12-19)30-17-18-7-3-1-4-8-18/h1,3-4,7-8,11-16,20H,2,5-6,9-10,17,26H2. The molecule has 1 saturated carbocycles. The van der Waals surface area contributed by atoms with Crippen LogP contribution in [0.25, 0.3) is 16.8 Å². The fourth-order valence-electron chi connectivity index (χ4n) is 4.53. The fraction of sp³-hybridized carbons (Fsp3) is 0.280. The summed E-state index contributed by atoms with van der Waals surface area (Å²) < 4.78 is 8.05. The maximum Gasteiger partial charge on any atom is 0.148 e. The summed E-state index contributed by atoms with van der Waals surface area (Å²) in [5.41, 5.74) is 6.94. The van der Waals surface area contributed by atoms with Gasteiger partial charge in [0.15, 0.2) is 0 Å². The van der Waals surface area contributed by atoms with Gasteiger partial charge >= 0.3 is 0 Å². The van der Waals surface area contributed by atoms with Gasteiger partial charge in [0.05, 0.1) is 5.69 Å². The molecule has 0 atom stereocenters. The van der Waals surface area contributed by atoms with Crippen LogP contribution >= 0.6 is 0 Å². The average molecular weight is 395 g/mol. The van der Waals surface area contributed by atoms with Gasteiger partial charge in [0, 0.05) is 23.9 Å². The van der Waals surface area contributed by atoms with Gasteiger partial charge in [-0.25, -0.2) is 9.50 Å². The zero-order valence-electron chi connectivity index (χ0n) is 17.4. The van der Waals surface area contributed by atoms with Crippen molar-refractivity contribution in [1.29, 1.82) is 0 Å². The summed E-state index contributed by atoms with van der Waals surface area (Å²) in [5, 5.41) is 4.69. The molecule has 0 radical (unpaired) electrons. The van der Waals surface area contributed by atoms with Crippen molar-refractivity contribution in [1.82, 2.24) is 14.6 Å². The molecule has 0 N–H and O–H groups in total. The summed E-state index contributed by atoms with van der Waals surface area (Å²) in [7, 11) is 2.08. The molecule has 0 saturated heterocycles. The van der Waals surface area contributed by atoms with Crippen molar-refractivity contribution in [3.05, 3.63) is 78.2 Å². The zero-order valence-corrected chi connectivity index (χ0v) is 17.4. The summed E-state index contributed by atoms with van der Waals surface area (Å²) in [5.74, 6) is 1.42. The highest BCUT2D eigenvalue weighted by Crippen LogP contribution is 2.38. The smallest absolute Gasteiger partial charge is 0.148 e. The van der Waals surface area contributed by atoms with E-state index >= 15 is 0 Å². The molecule has 0 unspecified atom stereocenters. The molecule has 4 aromatic rings. The molecule has 1 fully saturated rings. The lowest BCUT2D eigenvalue weighted by atomic mass is 9.84. The number of hydrogen-bond donors (Lipinski definition) is 0. The van der Waals surface area contributed by atoms with Crippen LogP contribution < -0.4 is 10.2 Å². The monoisotopic (exact) mass is 395 g/mol. The molecule has 2 heterocycles. The van der Waals surface area contributed by atoms with E-state index in [4.69, 9.17) is 9.72 Å². The highest BCUT2D eigenvalue weighted by atomic mass is 16.5. The molecule has 0 amide bonds. The Balaban J connectivity index is 1.46. The Morgan fingerprint density at radius 1 is 0.933 bits per heavy atom. The first-order valence-corrected chi connectivity index (χ1v) is 10.9. The van der Waals surface area contributed by atoms with E-state index in [1.54, 1.807) is 0 Å². The van der Waals surface area contributed by atoms with Crippen molar-refractivity contribution >= 4 is 19.0 Å². The van der Waals surface area contributed by atoms with Crippen molar-refractivity contribution in [2.45, 2.75) is 44.6 Å². The summed E-state index contributed by atoms with van der Waals surface area (Å²) in [6, 6.07) is 18.7. The van der Waals surface area contributed by atoms with Gasteiger partial charge in [0.1, 0.15) is 25.8 Å². The van der Waals surface area contributed by atoms with Crippen LogP contribution in [0.15, 0.2) is 67.0 Å². The Kier molecular flexibility index (Phi) is 5.27. The Morgan fingerprint density at radius 3 is 2.47 bits per heavy atom. The van der Waals surface area contributed by atoms with Crippen LogP contribution in [0.5, 0.6) is 5.75 Å². The quantitative estimate of drug-likeness (QED) is 0.474. The van der Waals surface area contributed by atoms with Gasteiger partial charge in [-0.2, -0.15) is 5.10 Å². The van der Waals surface area contributed by atoms with E-state index in [0.717, 1.165) is 16.9 Å². The summed E-state index contributed by atoms with van der Waals surface area (Å²) in [4.78, 5) is 4.74. The van der Waals surface area contributed by atoms with Crippen LogP contribution in [0, 0.1) is 0 Å². The second kappa shape index (κ2) is 8.35. The maximum absolute atomic E-state index is 5.97. The molecule has 2 aromatic heterocycles. The van der Waals surface area contributed by atoms with Crippen molar-refractivity contribution in [3.63, 3.8) is 0 Å². The van der Waals surface area contributed by atoms with Gasteiger partial charge in [-0.3, -0.25) is 0 Å². The lowest BCUT2D eigenvalue weighted by Gasteiger charge is -2.25.